The molecule has 1 aromatic heterocycles. The van der Waals surface area contributed by atoms with E-state index in [1.54, 1.807) is 0 Å². The molecule has 0 spiro atoms. The maximum Gasteiger partial charge on any atom is 0.161 e. The van der Waals surface area contributed by atoms with Crippen LogP contribution in [0.1, 0.15) is 25.0 Å². The summed E-state index contributed by atoms with van der Waals surface area (Å²) in [5.74, 6) is 0.642. The molecule has 0 saturated heterocycles. The minimum atomic E-state index is -0.157. The summed E-state index contributed by atoms with van der Waals surface area (Å²) in [5, 5.41) is 2.83. The van der Waals surface area contributed by atoms with Gasteiger partial charge in [0.2, 0.25) is 0 Å². The van der Waals surface area contributed by atoms with Gasteiger partial charge < -0.3 is 0 Å². The van der Waals surface area contributed by atoms with Crippen molar-refractivity contribution in [3.63, 3.8) is 0 Å². The summed E-state index contributed by atoms with van der Waals surface area (Å²) >= 11 is 6.56. The smallest absolute Gasteiger partial charge is 0.161 e. The Balaban J connectivity index is 1.73. The SMILES string of the molecule is CC1(C)c2ccccc2-c2cc3ccccc3c(-c3cc(Cl)nc(-c4ccccc4)n3)c21. The Bertz CT molecular complexity index is 1500. The fourth-order valence-corrected chi connectivity index (χ4v) is 5.32. The quantitative estimate of drug-likeness (QED) is 0.265. The lowest BCUT2D eigenvalue weighted by Crippen LogP contribution is -2.16. The lowest BCUT2D eigenvalue weighted by atomic mass is 9.78. The first-order chi connectivity index (χ1) is 15.5. The van der Waals surface area contributed by atoms with Gasteiger partial charge in [0.25, 0.3) is 0 Å². The van der Waals surface area contributed by atoms with Gasteiger partial charge in [0, 0.05) is 22.6 Å². The molecule has 1 aliphatic rings. The predicted molar refractivity (Wildman–Crippen MR) is 133 cm³/mol. The Morgan fingerprint density at radius 3 is 2.28 bits per heavy atom. The van der Waals surface area contributed by atoms with Crippen molar-refractivity contribution in [3.05, 3.63) is 107 Å². The maximum absolute atomic E-state index is 6.56. The van der Waals surface area contributed by atoms with E-state index >= 15 is 0 Å². The standard InChI is InChI=1S/C29H21ClN2/c1-29(2)23-15-9-8-14-21(23)22-16-19-12-6-7-13-20(19)26(27(22)29)24-17-25(30)32-28(31-24)18-10-4-3-5-11-18/h3-17H,1-2H3. The summed E-state index contributed by atoms with van der Waals surface area (Å²) in [6.07, 6.45) is 0. The minimum Gasteiger partial charge on any atom is -0.228 e. The van der Waals surface area contributed by atoms with Gasteiger partial charge in [-0.05, 0) is 39.1 Å². The molecule has 0 N–H and O–H groups in total. The summed E-state index contributed by atoms with van der Waals surface area (Å²) < 4.78 is 0. The lowest BCUT2D eigenvalue weighted by molar-refractivity contribution is 0.662. The molecule has 0 atom stereocenters. The number of fused-ring (bicyclic) bond motifs is 4. The molecule has 0 bridgehead atoms. The first-order valence-corrected chi connectivity index (χ1v) is 11.2. The fraction of sp³-hybridized carbons (Fsp3) is 0.103. The third-order valence-corrected chi connectivity index (χ3v) is 6.74. The molecule has 0 saturated carbocycles. The zero-order valence-electron chi connectivity index (χ0n) is 17.9. The first kappa shape index (κ1) is 19.2. The largest absolute Gasteiger partial charge is 0.228 e. The zero-order valence-corrected chi connectivity index (χ0v) is 18.7. The van der Waals surface area contributed by atoms with Crippen LogP contribution in [0.3, 0.4) is 0 Å². The molecule has 1 heterocycles. The third kappa shape index (κ3) is 2.80. The van der Waals surface area contributed by atoms with E-state index in [0.717, 1.165) is 16.8 Å². The van der Waals surface area contributed by atoms with E-state index in [0.29, 0.717) is 11.0 Å². The van der Waals surface area contributed by atoms with Crippen molar-refractivity contribution in [2.75, 3.05) is 0 Å². The van der Waals surface area contributed by atoms with Crippen LogP contribution in [-0.2, 0) is 5.41 Å². The van der Waals surface area contributed by atoms with E-state index in [4.69, 9.17) is 16.6 Å². The van der Waals surface area contributed by atoms with Crippen LogP contribution in [0, 0.1) is 0 Å². The van der Waals surface area contributed by atoms with Gasteiger partial charge in [-0.15, -0.1) is 0 Å². The van der Waals surface area contributed by atoms with Crippen molar-refractivity contribution in [1.29, 1.82) is 0 Å². The maximum atomic E-state index is 6.56. The Kier molecular flexibility index (Phi) is 4.21. The molecule has 0 fully saturated rings. The average molecular weight is 433 g/mol. The van der Waals surface area contributed by atoms with E-state index in [9.17, 15) is 0 Å². The zero-order chi connectivity index (χ0) is 21.9. The second-order valence-electron chi connectivity index (χ2n) is 8.83. The highest BCUT2D eigenvalue weighted by molar-refractivity contribution is 6.29. The summed E-state index contributed by atoms with van der Waals surface area (Å²) in [6, 6.07) is 31.5. The Labute approximate surface area is 192 Å². The van der Waals surface area contributed by atoms with Crippen molar-refractivity contribution in [2.45, 2.75) is 19.3 Å². The Morgan fingerprint density at radius 2 is 1.44 bits per heavy atom. The Hall–Kier alpha value is -3.49. The van der Waals surface area contributed by atoms with Crippen LogP contribution in [0.15, 0.2) is 91.0 Å². The second-order valence-corrected chi connectivity index (χ2v) is 9.22. The van der Waals surface area contributed by atoms with Crippen LogP contribution in [0.25, 0.3) is 44.5 Å². The van der Waals surface area contributed by atoms with Crippen LogP contribution >= 0.6 is 11.6 Å². The van der Waals surface area contributed by atoms with Crippen molar-refractivity contribution in [2.24, 2.45) is 0 Å². The third-order valence-electron chi connectivity index (χ3n) is 6.55. The van der Waals surface area contributed by atoms with Crippen molar-refractivity contribution in [1.82, 2.24) is 9.97 Å². The number of halogens is 1. The molecular formula is C29H21ClN2. The van der Waals surface area contributed by atoms with Gasteiger partial charge in [0.1, 0.15) is 5.15 Å². The number of benzene rings is 4. The van der Waals surface area contributed by atoms with Gasteiger partial charge in [-0.25, -0.2) is 9.97 Å². The van der Waals surface area contributed by atoms with Gasteiger partial charge in [-0.3, -0.25) is 0 Å². The van der Waals surface area contributed by atoms with Gasteiger partial charge in [-0.1, -0.05) is 104 Å². The van der Waals surface area contributed by atoms with E-state index in [1.165, 1.54) is 33.0 Å². The van der Waals surface area contributed by atoms with E-state index in [-0.39, 0.29) is 5.41 Å². The molecular weight excluding hydrogens is 412 g/mol. The van der Waals surface area contributed by atoms with Crippen molar-refractivity contribution >= 4 is 22.4 Å². The van der Waals surface area contributed by atoms with Crippen LogP contribution in [0.2, 0.25) is 5.15 Å². The molecule has 0 unspecified atom stereocenters. The van der Waals surface area contributed by atoms with Gasteiger partial charge in [0.15, 0.2) is 5.82 Å². The van der Waals surface area contributed by atoms with Crippen molar-refractivity contribution in [3.8, 4) is 33.8 Å². The van der Waals surface area contributed by atoms with Gasteiger partial charge in [-0.2, -0.15) is 0 Å². The van der Waals surface area contributed by atoms with Crippen LogP contribution in [-0.4, -0.2) is 9.97 Å². The van der Waals surface area contributed by atoms with E-state index < -0.39 is 0 Å². The number of nitrogens with zero attached hydrogens (tertiary/aromatic N) is 2. The summed E-state index contributed by atoms with van der Waals surface area (Å²) in [5.41, 5.74) is 8.00. The number of hydrogen-bond donors (Lipinski definition) is 0. The van der Waals surface area contributed by atoms with Gasteiger partial charge >= 0.3 is 0 Å². The molecule has 154 valence electrons. The average Bonchev–Trinajstić information content (AvgIpc) is 3.05. The molecule has 0 radical (unpaired) electrons. The molecule has 0 amide bonds. The molecule has 4 aromatic carbocycles. The van der Waals surface area contributed by atoms with Crippen molar-refractivity contribution < 1.29 is 0 Å². The number of aromatic nitrogens is 2. The molecule has 32 heavy (non-hydrogen) atoms. The molecule has 2 nitrogen and oxygen atoms in total. The highest BCUT2D eigenvalue weighted by Crippen LogP contribution is 2.54. The highest BCUT2D eigenvalue weighted by Gasteiger charge is 2.38. The highest BCUT2D eigenvalue weighted by atomic mass is 35.5. The molecule has 6 rings (SSSR count). The predicted octanol–water partition coefficient (Wildman–Crippen LogP) is 7.92. The minimum absolute atomic E-state index is 0.157. The van der Waals surface area contributed by atoms with Crippen LogP contribution in [0.4, 0.5) is 0 Å². The second kappa shape index (κ2) is 7.01. The summed E-state index contributed by atoms with van der Waals surface area (Å²) in [4.78, 5) is 9.57. The molecule has 3 heteroatoms. The topological polar surface area (TPSA) is 25.8 Å². The van der Waals surface area contributed by atoms with Gasteiger partial charge in [0.05, 0.1) is 5.69 Å². The normalized spacial score (nSPS) is 13.7. The summed E-state index contributed by atoms with van der Waals surface area (Å²) in [7, 11) is 0. The van der Waals surface area contributed by atoms with Crippen LogP contribution < -0.4 is 0 Å². The fourth-order valence-electron chi connectivity index (χ4n) is 5.13. The lowest BCUT2D eigenvalue weighted by Gasteiger charge is -2.25. The molecule has 0 aliphatic heterocycles. The summed E-state index contributed by atoms with van der Waals surface area (Å²) in [6.45, 7) is 4.60. The number of rotatable bonds is 2. The van der Waals surface area contributed by atoms with Crippen LogP contribution in [0.5, 0.6) is 0 Å². The molecule has 1 aliphatic carbocycles. The molecule has 5 aromatic rings. The number of hydrogen-bond acceptors (Lipinski definition) is 2. The monoisotopic (exact) mass is 432 g/mol. The Morgan fingerprint density at radius 1 is 0.719 bits per heavy atom. The van der Waals surface area contributed by atoms with E-state index in [2.05, 4.69) is 73.4 Å². The first-order valence-electron chi connectivity index (χ1n) is 10.8. The van der Waals surface area contributed by atoms with E-state index in [1.807, 2.05) is 36.4 Å².